The third-order valence-corrected chi connectivity index (χ3v) is 3.77. The molecule has 1 aromatic carbocycles. The van der Waals surface area contributed by atoms with Crippen LogP contribution in [0.1, 0.15) is 16.1 Å². The first-order valence-electron chi connectivity index (χ1n) is 6.67. The summed E-state index contributed by atoms with van der Waals surface area (Å²) in [5.41, 5.74) is 3.42. The zero-order valence-corrected chi connectivity index (χ0v) is 12.9. The molecule has 0 unspecified atom stereocenters. The van der Waals surface area contributed by atoms with Crippen LogP contribution >= 0.6 is 11.6 Å². The minimum absolute atomic E-state index is 0.266. The van der Waals surface area contributed by atoms with E-state index in [0.717, 1.165) is 16.6 Å². The zero-order valence-electron chi connectivity index (χ0n) is 12.1. The zero-order chi connectivity index (χ0) is 15.7. The van der Waals surface area contributed by atoms with Crippen molar-refractivity contribution < 1.29 is 9.53 Å². The van der Waals surface area contributed by atoms with Gasteiger partial charge in [0.2, 0.25) is 0 Å². The van der Waals surface area contributed by atoms with Gasteiger partial charge in [-0.15, -0.1) is 0 Å². The van der Waals surface area contributed by atoms with E-state index in [2.05, 4.69) is 15.3 Å². The fraction of sp³-hybridized carbons (Fsp3) is 0.125. The topological polar surface area (TPSA) is 67.0 Å². The standard InChI is InChI=1S/C16H14ClN3O2/c1-9-6-13(15(22-2)7-10(9)17)20-16(21)14-8-12-11(19-14)4-3-5-18-12/h3-8,19H,1-2H3,(H,20,21). The van der Waals surface area contributed by atoms with Gasteiger partial charge in [0.15, 0.2) is 0 Å². The number of fused-ring (bicyclic) bond motifs is 1. The molecule has 0 saturated heterocycles. The van der Waals surface area contributed by atoms with E-state index in [1.165, 1.54) is 7.11 Å². The van der Waals surface area contributed by atoms with E-state index in [1.54, 1.807) is 24.4 Å². The van der Waals surface area contributed by atoms with Gasteiger partial charge in [-0.05, 0) is 36.8 Å². The molecule has 22 heavy (non-hydrogen) atoms. The first-order chi connectivity index (χ1) is 10.6. The number of carbonyl (C=O) groups is 1. The van der Waals surface area contributed by atoms with E-state index in [4.69, 9.17) is 16.3 Å². The number of aromatic amines is 1. The molecule has 0 aliphatic heterocycles. The molecule has 112 valence electrons. The summed E-state index contributed by atoms with van der Waals surface area (Å²) in [6.45, 7) is 1.87. The molecule has 0 aliphatic carbocycles. The molecule has 0 saturated carbocycles. The number of anilines is 1. The normalized spacial score (nSPS) is 10.7. The van der Waals surface area contributed by atoms with E-state index >= 15 is 0 Å². The Morgan fingerprint density at radius 2 is 2.18 bits per heavy atom. The van der Waals surface area contributed by atoms with Crippen LogP contribution in [0.5, 0.6) is 5.75 Å². The minimum atomic E-state index is -0.266. The molecule has 0 bridgehead atoms. The number of amides is 1. The summed E-state index contributed by atoms with van der Waals surface area (Å²) in [7, 11) is 1.53. The first kappa shape index (κ1) is 14.4. The van der Waals surface area contributed by atoms with E-state index in [0.29, 0.717) is 22.2 Å². The number of carbonyl (C=O) groups excluding carboxylic acids is 1. The van der Waals surface area contributed by atoms with Gasteiger partial charge in [-0.1, -0.05) is 11.6 Å². The Kier molecular flexibility index (Phi) is 3.73. The Morgan fingerprint density at radius 1 is 1.36 bits per heavy atom. The molecule has 0 fully saturated rings. The average Bonchev–Trinajstić information content (AvgIpc) is 2.94. The van der Waals surface area contributed by atoms with Gasteiger partial charge in [-0.2, -0.15) is 0 Å². The van der Waals surface area contributed by atoms with Crippen LogP contribution in [0.3, 0.4) is 0 Å². The number of aryl methyl sites for hydroxylation is 1. The number of H-pyrrole nitrogens is 1. The van der Waals surface area contributed by atoms with Crippen molar-refractivity contribution in [2.45, 2.75) is 6.92 Å². The highest BCUT2D eigenvalue weighted by atomic mass is 35.5. The summed E-state index contributed by atoms with van der Waals surface area (Å²) >= 11 is 6.06. The summed E-state index contributed by atoms with van der Waals surface area (Å²) < 4.78 is 5.26. The summed E-state index contributed by atoms with van der Waals surface area (Å²) in [5.74, 6) is 0.246. The molecule has 0 atom stereocenters. The number of pyridine rings is 1. The van der Waals surface area contributed by atoms with Gasteiger partial charge in [0.25, 0.3) is 5.91 Å². The van der Waals surface area contributed by atoms with Crippen LogP contribution in [0.2, 0.25) is 5.02 Å². The van der Waals surface area contributed by atoms with Crippen molar-refractivity contribution >= 4 is 34.2 Å². The SMILES string of the molecule is COc1cc(Cl)c(C)cc1NC(=O)c1cc2ncccc2[nH]1. The fourth-order valence-corrected chi connectivity index (χ4v) is 2.35. The van der Waals surface area contributed by atoms with Crippen LogP contribution < -0.4 is 10.1 Å². The van der Waals surface area contributed by atoms with E-state index in [1.807, 2.05) is 19.1 Å². The first-order valence-corrected chi connectivity index (χ1v) is 7.05. The van der Waals surface area contributed by atoms with Gasteiger partial charge < -0.3 is 15.0 Å². The molecule has 5 nitrogen and oxygen atoms in total. The fourth-order valence-electron chi connectivity index (χ4n) is 2.20. The van der Waals surface area contributed by atoms with Crippen LogP contribution in [0.4, 0.5) is 5.69 Å². The Morgan fingerprint density at radius 3 is 2.91 bits per heavy atom. The van der Waals surface area contributed by atoms with Crippen LogP contribution in [0.15, 0.2) is 36.5 Å². The summed E-state index contributed by atoms with van der Waals surface area (Å²) in [6, 6.07) is 8.84. The second kappa shape index (κ2) is 5.69. The number of hydrogen-bond donors (Lipinski definition) is 2. The molecule has 2 N–H and O–H groups in total. The van der Waals surface area contributed by atoms with E-state index < -0.39 is 0 Å². The molecule has 2 aromatic heterocycles. The van der Waals surface area contributed by atoms with Gasteiger partial charge in [-0.3, -0.25) is 9.78 Å². The lowest BCUT2D eigenvalue weighted by Crippen LogP contribution is -2.13. The van der Waals surface area contributed by atoms with Gasteiger partial charge in [0, 0.05) is 17.3 Å². The molecular formula is C16H14ClN3O2. The van der Waals surface area contributed by atoms with Crippen LogP contribution in [0, 0.1) is 6.92 Å². The summed E-state index contributed by atoms with van der Waals surface area (Å²) in [6.07, 6.45) is 1.68. The highest BCUT2D eigenvalue weighted by Crippen LogP contribution is 2.31. The molecule has 6 heteroatoms. The number of ether oxygens (including phenoxy) is 1. The predicted octanol–water partition coefficient (Wildman–Crippen LogP) is 3.79. The van der Waals surface area contributed by atoms with Crippen molar-refractivity contribution in [3.8, 4) is 5.75 Å². The second-order valence-electron chi connectivity index (χ2n) is 4.88. The lowest BCUT2D eigenvalue weighted by atomic mass is 10.2. The quantitative estimate of drug-likeness (QED) is 0.773. The Hall–Kier alpha value is -2.53. The van der Waals surface area contributed by atoms with Crippen molar-refractivity contribution in [1.29, 1.82) is 0 Å². The van der Waals surface area contributed by atoms with E-state index in [9.17, 15) is 4.79 Å². The average molecular weight is 316 g/mol. The highest BCUT2D eigenvalue weighted by molar-refractivity contribution is 6.31. The van der Waals surface area contributed by atoms with Crippen LogP contribution in [0.25, 0.3) is 11.0 Å². The Labute approximate surface area is 132 Å². The van der Waals surface area contributed by atoms with Gasteiger partial charge in [-0.25, -0.2) is 0 Å². The number of halogens is 1. The third kappa shape index (κ3) is 2.63. The number of nitrogens with one attached hydrogen (secondary N) is 2. The number of rotatable bonds is 3. The molecule has 3 aromatic rings. The molecule has 0 spiro atoms. The van der Waals surface area contributed by atoms with Gasteiger partial charge in [0.1, 0.15) is 11.4 Å². The Bertz CT molecular complexity index is 825. The monoisotopic (exact) mass is 315 g/mol. The molecular weight excluding hydrogens is 302 g/mol. The second-order valence-corrected chi connectivity index (χ2v) is 5.28. The van der Waals surface area contributed by atoms with Gasteiger partial charge in [0.05, 0.1) is 23.8 Å². The largest absolute Gasteiger partial charge is 0.495 e. The van der Waals surface area contributed by atoms with Crippen LogP contribution in [-0.2, 0) is 0 Å². The van der Waals surface area contributed by atoms with E-state index in [-0.39, 0.29) is 5.91 Å². The molecule has 3 rings (SSSR count). The maximum atomic E-state index is 12.4. The number of methoxy groups -OCH3 is 1. The molecule has 1 amide bonds. The molecule has 0 radical (unpaired) electrons. The maximum Gasteiger partial charge on any atom is 0.272 e. The summed E-state index contributed by atoms with van der Waals surface area (Å²) in [5, 5.41) is 3.41. The molecule has 2 heterocycles. The smallest absolute Gasteiger partial charge is 0.272 e. The predicted molar refractivity (Wildman–Crippen MR) is 86.8 cm³/mol. The summed E-state index contributed by atoms with van der Waals surface area (Å²) in [4.78, 5) is 19.6. The Balaban J connectivity index is 1.92. The van der Waals surface area contributed by atoms with Crippen molar-refractivity contribution in [3.63, 3.8) is 0 Å². The van der Waals surface area contributed by atoms with Crippen molar-refractivity contribution in [2.24, 2.45) is 0 Å². The number of nitrogens with zero attached hydrogens (tertiary/aromatic N) is 1. The van der Waals surface area contributed by atoms with Gasteiger partial charge >= 0.3 is 0 Å². The van der Waals surface area contributed by atoms with Crippen molar-refractivity contribution in [1.82, 2.24) is 9.97 Å². The molecule has 0 aliphatic rings. The lowest BCUT2D eigenvalue weighted by molar-refractivity contribution is 0.102. The number of aromatic nitrogens is 2. The maximum absolute atomic E-state index is 12.4. The lowest BCUT2D eigenvalue weighted by Gasteiger charge is -2.11. The number of hydrogen-bond acceptors (Lipinski definition) is 3. The number of benzene rings is 1. The third-order valence-electron chi connectivity index (χ3n) is 3.36. The van der Waals surface area contributed by atoms with Crippen LogP contribution in [-0.4, -0.2) is 23.0 Å². The van der Waals surface area contributed by atoms with Crippen molar-refractivity contribution in [2.75, 3.05) is 12.4 Å². The van der Waals surface area contributed by atoms with Crippen molar-refractivity contribution in [3.05, 3.63) is 52.8 Å². The highest BCUT2D eigenvalue weighted by Gasteiger charge is 2.14. The minimum Gasteiger partial charge on any atom is -0.495 e.